The van der Waals surface area contributed by atoms with Crippen LogP contribution in [0.5, 0.6) is 0 Å². The van der Waals surface area contributed by atoms with E-state index in [1.165, 1.54) is 32.2 Å². The van der Waals surface area contributed by atoms with E-state index in [9.17, 15) is 44.1 Å². The third-order valence-electron chi connectivity index (χ3n) is 10.9. The van der Waals surface area contributed by atoms with Gasteiger partial charge in [-0.05, 0) is 26.0 Å². The van der Waals surface area contributed by atoms with Crippen molar-refractivity contribution >= 4 is 35.8 Å². The highest BCUT2D eigenvalue weighted by molar-refractivity contribution is 5.91. The van der Waals surface area contributed by atoms with E-state index in [0.29, 0.717) is 0 Å². The van der Waals surface area contributed by atoms with Crippen molar-refractivity contribution in [3.8, 4) is 0 Å². The smallest absolute Gasteiger partial charge is 0.340 e. The van der Waals surface area contributed by atoms with Crippen LogP contribution in [0.4, 0.5) is 0 Å². The van der Waals surface area contributed by atoms with Crippen LogP contribution in [-0.2, 0) is 57.1 Å². The second-order valence-corrected chi connectivity index (χ2v) is 14.2. The van der Waals surface area contributed by atoms with E-state index >= 15 is 0 Å². The van der Waals surface area contributed by atoms with Gasteiger partial charge in [-0.25, -0.2) is 4.79 Å². The number of aliphatic hydroxyl groups excluding tert-OH is 2. The Kier molecular flexibility index (Phi) is 9.77. The molecule has 1 aromatic rings. The molecule has 2 aliphatic carbocycles. The number of ether oxygens (including phenoxy) is 7. The molecule has 1 saturated heterocycles. The molecule has 17 heteroatoms. The van der Waals surface area contributed by atoms with E-state index < -0.39 is 126 Å². The third kappa shape index (κ3) is 5.64. The van der Waals surface area contributed by atoms with Crippen molar-refractivity contribution in [2.24, 2.45) is 17.3 Å². The molecule has 0 amide bonds. The van der Waals surface area contributed by atoms with E-state index in [2.05, 4.69) is 4.98 Å². The first-order valence-corrected chi connectivity index (χ1v) is 16.4. The minimum absolute atomic E-state index is 0.00864. The van der Waals surface area contributed by atoms with Gasteiger partial charge < -0.3 is 48.5 Å². The van der Waals surface area contributed by atoms with Crippen LogP contribution in [-0.4, -0.2) is 123 Å². The maximum absolute atomic E-state index is 14.0. The van der Waals surface area contributed by atoms with E-state index in [-0.39, 0.29) is 11.3 Å². The van der Waals surface area contributed by atoms with Crippen molar-refractivity contribution in [3.05, 3.63) is 29.6 Å². The Bertz CT molecular complexity index is 1630. The molecule has 1 aromatic heterocycles. The van der Waals surface area contributed by atoms with Gasteiger partial charge in [-0.2, -0.15) is 0 Å². The monoisotopic (exact) mass is 721 g/mol. The van der Waals surface area contributed by atoms with Gasteiger partial charge in [0.2, 0.25) is 0 Å². The second-order valence-electron chi connectivity index (χ2n) is 14.2. The quantitative estimate of drug-likeness (QED) is 0.265. The van der Waals surface area contributed by atoms with Crippen molar-refractivity contribution in [1.29, 1.82) is 0 Å². The molecule has 280 valence electrons. The number of hydrogen-bond donors (Lipinski definition) is 3. The van der Waals surface area contributed by atoms with Gasteiger partial charge in [-0.3, -0.25) is 29.0 Å². The fourth-order valence-electron chi connectivity index (χ4n) is 8.67. The van der Waals surface area contributed by atoms with Crippen molar-refractivity contribution < 1.29 is 77.2 Å². The molecule has 3 fully saturated rings. The van der Waals surface area contributed by atoms with Crippen LogP contribution in [0, 0.1) is 17.3 Å². The van der Waals surface area contributed by atoms with Crippen molar-refractivity contribution in [3.63, 3.8) is 0 Å². The summed E-state index contributed by atoms with van der Waals surface area (Å²) < 4.78 is 41.3. The molecule has 13 atom stereocenters. The Morgan fingerprint density at radius 2 is 1.45 bits per heavy atom. The van der Waals surface area contributed by atoms with Crippen LogP contribution in [0.15, 0.2) is 18.3 Å². The summed E-state index contributed by atoms with van der Waals surface area (Å²) in [6.07, 6.45) is -10.7. The largest absolute Gasteiger partial charge is 0.465 e. The van der Waals surface area contributed by atoms with Crippen molar-refractivity contribution in [1.82, 2.24) is 4.98 Å². The number of aliphatic hydroxyl groups is 3. The van der Waals surface area contributed by atoms with E-state index in [1.807, 2.05) is 0 Å². The molecule has 17 nitrogen and oxygen atoms in total. The zero-order chi connectivity index (χ0) is 38.0. The Labute approximate surface area is 292 Å². The molecule has 3 unspecified atom stereocenters. The van der Waals surface area contributed by atoms with Gasteiger partial charge in [0, 0.05) is 39.8 Å². The Balaban J connectivity index is 1.91. The van der Waals surface area contributed by atoms with Gasteiger partial charge in [0.25, 0.3) is 0 Å². The highest BCUT2D eigenvalue weighted by Crippen LogP contribution is 2.69. The van der Waals surface area contributed by atoms with Crippen LogP contribution in [0.2, 0.25) is 0 Å². The number of fused-ring (bicyclic) bond motifs is 5. The normalized spacial score (nSPS) is 41.6. The number of hydrogen-bond acceptors (Lipinski definition) is 17. The molecule has 3 heterocycles. The first-order valence-electron chi connectivity index (χ1n) is 16.4. The molecule has 5 rings (SSSR count). The second kappa shape index (κ2) is 13.1. The molecular formula is C34H43NO16. The fourth-order valence-corrected chi connectivity index (χ4v) is 8.67. The van der Waals surface area contributed by atoms with Crippen LogP contribution >= 0.6 is 0 Å². The number of cyclic esters (lactones) is 1. The lowest BCUT2D eigenvalue weighted by molar-refractivity contribution is -0.386. The summed E-state index contributed by atoms with van der Waals surface area (Å²) in [6, 6.07) is 2.92. The van der Waals surface area contributed by atoms with Crippen molar-refractivity contribution in [2.75, 3.05) is 13.2 Å². The summed E-state index contributed by atoms with van der Waals surface area (Å²) >= 11 is 0. The molecular weight excluding hydrogens is 678 g/mol. The number of rotatable bonds is 5. The highest BCUT2D eigenvalue weighted by atomic mass is 16.7. The van der Waals surface area contributed by atoms with E-state index in [1.54, 1.807) is 6.92 Å². The zero-order valence-corrected chi connectivity index (χ0v) is 29.4. The lowest BCUT2D eigenvalue weighted by Gasteiger charge is -2.67. The van der Waals surface area contributed by atoms with Crippen LogP contribution < -0.4 is 0 Å². The summed E-state index contributed by atoms with van der Waals surface area (Å²) in [7, 11) is 0. The number of carbonyl (C=O) groups excluding carboxylic acids is 6. The Morgan fingerprint density at radius 1 is 0.882 bits per heavy atom. The van der Waals surface area contributed by atoms with E-state index in [4.69, 9.17) is 33.2 Å². The molecule has 3 N–H and O–H groups in total. The minimum atomic E-state index is -2.74. The molecule has 0 aromatic carbocycles. The average Bonchev–Trinajstić information content (AvgIpc) is 3.27. The summed E-state index contributed by atoms with van der Waals surface area (Å²) in [5.41, 5.74) is -9.70. The van der Waals surface area contributed by atoms with Crippen LogP contribution in [0.1, 0.15) is 77.4 Å². The Hall–Kier alpha value is -4.19. The van der Waals surface area contributed by atoms with Crippen LogP contribution in [0.3, 0.4) is 0 Å². The predicted molar refractivity (Wildman–Crippen MR) is 166 cm³/mol. The minimum Gasteiger partial charge on any atom is -0.465 e. The highest BCUT2D eigenvalue weighted by Gasteiger charge is 2.90. The Morgan fingerprint density at radius 3 is 2.02 bits per heavy atom. The molecule has 2 aliphatic heterocycles. The molecule has 51 heavy (non-hydrogen) atoms. The molecule has 1 spiro atoms. The maximum atomic E-state index is 14.0. The lowest BCUT2D eigenvalue weighted by Crippen LogP contribution is -2.89. The number of pyridine rings is 1. The van der Waals surface area contributed by atoms with Gasteiger partial charge in [0.05, 0.1) is 23.1 Å². The number of esters is 6. The van der Waals surface area contributed by atoms with E-state index in [0.717, 1.165) is 34.6 Å². The number of carbonyl (C=O) groups is 6. The maximum Gasteiger partial charge on any atom is 0.340 e. The summed E-state index contributed by atoms with van der Waals surface area (Å²) in [5.74, 6) is -9.27. The number of aromatic nitrogens is 1. The molecule has 4 aliphatic rings. The van der Waals surface area contributed by atoms with Crippen LogP contribution in [0.25, 0.3) is 0 Å². The zero-order valence-electron chi connectivity index (χ0n) is 29.4. The predicted octanol–water partition coefficient (Wildman–Crippen LogP) is -0.108. The van der Waals surface area contributed by atoms with Gasteiger partial charge in [0.1, 0.15) is 60.4 Å². The summed E-state index contributed by atoms with van der Waals surface area (Å²) in [5, 5.41) is 37.4. The third-order valence-corrected chi connectivity index (χ3v) is 10.9. The first kappa shape index (κ1) is 38.1. The van der Waals surface area contributed by atoms with Crippen molar-refractivity contribution in [2.45, 2.75) is 115 Å². The summed E-state index contributed by atoms with van der Waals surface area (Å²) in [6.45, 7) is 7.86. The van der Waals surface area contributed by atoms with Gasteiger partial charge in [-0.1, -0.05) is 13.8 Å². The number of nitrogens with zero attached hydrogens (tertiary/aromatic N) is 1. The molecule has 2 saturated carbocycles. The topological polar surface area (TPSA) is 241 Å². The average molecular weight is 722 g/mol. The van der Waals surface area contributed by atoms with Gasteiger partial charge in [-0.15, -0.1) is 0 Å². The SMILES string of the molecule is CC(=O)OC[C@]12[C@H](OC(C)=O)[C@@H](O)C3[C@@H](OC(C)=O)[C@@]14O[C@@]3(C)COC(=O)c1cccnc1C(C)C(C)C(=O)O[C@@H]([C@H](O)[C@@H]2OC(C)=O)[C@]4(C)O. The fraction of sp³-hybridized carbons (Fsp3) is 0.676. The van der Waals surface area contributed by atoms with Gasteiger partial charge >= 0.3 is 35.8 Å². The molecule has 4 bridgehead atoms. The lowest BCUT2D eigenvalue weighted by atomic mass is 9.45. The molecule has 0 radical (unpaired) electrons. The standard InChI is InChI=1S/C34H43NO16/c1-14-15(2)29(42)50-26-24(41)28(49-19(6)39)33(13-45-16(3)36)27(48-18(5)38)23(40)21-25(47-17(4)37)34(33,32(26,8)44)51-31(21,7)12-46-30(43)20-10-9-11-35-22(14)20/h9-11,14-15,21,23-28,40-41,44H,12-13H2,1-8H3/t14?,15?,21?,23-,24-,25+,26-,27+,28-,31-,32-,33+,34-/m0/s1. The first-order chi connectivity index (χ1) is 23.7. The summed E-state index contributed by atoms with van der Waals surface area (Å²) in [4.78, 5) is 83.0. The van der Waals surface area contributed by atoms with Gasteiger partial charge in [0.15, 0.2) is 11.7 Å².